The van der Waals surface area contributed by atoms with Gasteiger partial charge in [0.15, 0.2) is 6.29 Å². The summed E-state index contributed by atoms with van der Waals surface area (Å²) < 4.78 is 22.8. The summed E-state index contributed by atoms with van der Waals surface area (Å²) in [5.74, 6) is 0. The largest absolute Gasteiger partial charge is 0.354 e. The molecule has 0 aliphatic rings. The number of hydrogen-bond donors (Lipinski definition) is 2. The van der Waals surface area contributed by atoms with Crippen molar-refractivity contribution in [2.24, 2.45) is 5.14 Å². The second-order valence-corrected chi connectivity index (χ2v) is 6.21. The van der Waals surface area contributed by atoms with E-state index in [0.29, 0.717) is 22.2 Å². The van der Waals surface area contributed by atoms with Crippen LogP contribution in [0.25, 0.3) is 22.2 Å². The van der Waals surface area contributed by atoms with Crippen molar-refractivity contribution in [3.63, 3.8) is 0 Å². The molecule has 0 radical (unpaired) electrons. The van der Waals surface area contributed by atoms with Crippen LogP contribution in [-0.2, 0) is 10.0 Å². The summed E-state index contributed by atoms with van der Waals surface area (Å²) >= 11 is 0. The van der Waals surface area contributed by atoms with Gasteiger partial charge in [0.05, 0.1) is 10.6 Å². The van der Waals surface area contributed by atoms with Crippen LogP contribution in [0.2, 0.25) is 0 Å². The first kappa shape index (κ1) is 13.5. The quantitative estimate of drug-likeness (QED) is 0.727. The lowest BCUT2D eigenvalue weighted by atomic mass is 10.1. The van der Waals surface area contributed by atoms with Crippen LogP contribution in [0.3, 0.4) is 0 Å². The van der Waals surface area contributed by atoms with Crippen molar-refractivity contribution in [1.29, 1.82) is 0 Å². The Bertz CT molecular complexity index is 928. The highest BCUT2D eigenvalue weighted by atomic mass is 32.2. The number of aromatic nitrogens is 1. The van der Waals surface area contributed by atoms with E-state index in [-0.39, 0.29) is 4.90 Å². The first-order valence-electron chi connectivity index (χ1n) is 6.20. The Balaban J connectivity index is 2.30. The molecule has 5 nitrogen and oxygen atoms in total. The Morgan fingerprint density at radius 3 is 2.38 bits per heavy atom. The fourth-order valence-corrected chi connectivity index (χ4v) is 2.87. The van der Waals surface area contributed by atoms with Crippen LogP contribution in [0.1, 0.15) is 10.4 Å². The molecule has 0 saturated heterocycles. The van der Waals surface area contributed by atoms with Crippen molar-refractivity contribution in [2.75, 3.05) is 0 Å². The lowest BCUT2D eigenvalue weighted by Gasteiger charge is -1.98. The molecule has 21 heavy (non-hydrogen) atoms. The van der Waals surface area contributed by atoms with Gasteiger partial charge in [0.25, 0.3) is 0 Å². The molecule has 0 spiro atoms. The maximum absolute atomic E-state index is 11.4. The molecule has 0 atom stereocenters. The van der Waals surface area contributed by atoms with Crippen LogP contribution in [-0.4, -0.2) is 19.7 Å². The number of primary sulfonamides is 1. The lowest BCUT2D eigenvalue weighted by Crippen LogP contribution is -2.11. The van der Waals surface area contributed by atoms with E-state index < -0.39 is 10.0 Å². The highest BCUT2D eigenvalue weighted by molar-refractivity contribution is 7.89. The van der Waals surface area contributed by atoms with Gasteiger partial charge >= 0.3 is 0 Å². The molecule has 3 aromatic rings. The molecule has 0 saturated carbocycles. The molecule has 0 aliphatic heterocycles. The fraction of sp³-hybridized carbons (Fsp3) is 0. The zero-order valence-electron chi connectivity index (χ0n) is 10.9. The van der Waals surface area contributed by atoms with Crippen molar-refractivity contribution < 1.29 is 13.2 Å². The predicted molar refractivity (Wildman–Crippen MR) is 80.5 cm³/mol. The van der Waals surface area contributed by atoms with Crippen LogP contribution in [0.5, 0.6) is 0 Å². The number of nitrogens with two attached hydrogens (primary N) is 1. The van der Waals surface area contributed by atoms with Crippen molar-refractivity contribution in [3.05, 3.63) is 54.1 Å². The standard InChI is InChI=1S/C15H12N2O3S/c16-21(19,20)11-6-7-12-13(9-18)15(17-14(12)8-11)10-4-2-1-3-5-10/h1-9,17H,(H2,16,19,20). The van der Waals surface area contributed by atoms with Gasteiger partial charge < -0.3 is 4.98 Å². The Morgan fingerprint density at radius 2 is 1.76 bits per heavy atom. The van der Waals surface area contributed by atoms with Crippen molar-refractivity contribution in [3.8, 4) is 11.3 Å². The molecular weight excluding hydrogens is 288 g/mol. The average Bonchev–Trinajstić information content (AvgIpc) is 2.84. The van der Waals surface area contributed by atoms with Gasteiger partial charge in [-0.25, -0.2) is 13.6 Å². The van der Waals surface area contributed by atoms with Crippen LogP contribution < -0.4 is 5.14 Å². The van der Waals surface area contributed by atoms with Gasteiger partial charge in [0.1, 0.15) is 0 Å². The van der Waals surface area contributed by atoms with E-state index in [2.05, 4.69) is 4.98 Å². The third-order valence-electron chi connectivity index (χ3n) is 3.32. The molecule has 0 bridgehead atoms. The summed E-state index contributed by atoms with van der Waals surface area (Å²) in [5.41, 5.74) is 2.57. The van der Waals surface area contributed by atoms with Crippen LogP contribution in [0.4, 0.5) is 0 Å². The van der Waals surface area contributed by atoms with Gasteiger partial charge in [0, 0.05) is 16.5 Å². The first-order chi connectivity index (χ1) is 10.0. The summed E-state index contributed by atoms with van der Waals surface area (Å²) in [5, 5.41) is 5.79. The maximum atomic E-state index is 11.4. The van der Waals surface area contributed by atoms with Gasteiger partial charge in [0.2, 0.25) is 10.0 Å². The molecule has 3 N–H and O–H groups in total. The average molecular weight is 300 g/mol. The molecular formula is C15H12N2O3S. The van der Waals surface area contributed by atoms with Crippen LogP contribution in [0, 0.1) is 0 Å². The van der Waals surface area contributed by atoms with E-state index in [4.69, 9.17) is 5.14 Å². The maximum Gasteiger partial charge on any atom is 0.238 e. The minimum atomic E-state index is -3.78. The van der Waals surface area contributed by atoms with Gasteiger partial charge in [-0.2, -0.15) is 0 Å². The smallest absolute Gasteiger partial charge is 0.238 e. The summed E-state index contributed by atoms with van der Waals surface area (Å²) in [6.07, 6.45) is 0.762. The van der Waals surface area contributed by atoms with Crippen LogP contribution >= 0.6 is 0 Å². The van der Waals surface area contributed by atoms with Gasteiger partial charge in [-0.3, -0.25) is 4.79 Å². The number of sulfonamides is 1. The number of benzene rings is 2. The second-order valence-electron chi connectivity index (χ2n) is 4.65. The summed E-state index contributed by atoms with van der Waals surface area (Å²) in [7, 11) is -3.78. The van der Waals surface area contributed by atoms with Gasteiger partial charge in [-0.1, -0.05) is 36.4 Å². The highest BCUT2D eigenvalue weighted by Gasteiger charge is 2.15. The molecule has 2 aromatic carbocycles. The highest BCUT2D eigenvalue weighted by Crippen LogP contribution is 2.30. The zero-order chi connectivity index (χ0) is 15.0. The summed E-state index contributed by atoms with van der Waals surface area (Å²) in [6.45, 7) is 0. The molecule has 0 aliphatic carbocycles. The zero-order valence-corrected chi connectivity index (χ0v) is 11.7. The molecule has 1 heterocycles. The molecule has 1 aromatic heterocycles. The normalized spacial score (nSPS) is 11.7. The third kappa shape index (κ3) is 2.35. The van der Waals surface area contributed by atoms with E-state index in [9.17, 15) is 13.2 Å². The molecule has 3 rings (SSSR count). The molecule has 106 valence electrons. The Kier molecular flexibility index (Phi) is 3.12. The molecule has 0 fully saturated rings. The molecule has 6 heteroatoms. The van der Waals surface area contributed by atoms with Crippen molar-refractivity contribution >= 4 is 27.2 Å². The van der Waals surface area contributed by atoms with Crippen molar-refractivity contribution in [2.45, 2.75) is 4.90 Å². The number of carbonyl (C=O) groups excluding carboxylic acids is 1. The van der Waals surface area contributed by atoms with Gasteiger partial charge in [-0.05, 0) is 17.7 Å². The number of hydrogen-bond acceptors (Lipinski definition) is 3. The Hall–Kier alpha value is -2.44. The van der Waals surface area contributed by atoms with E-state index >= 15 is 0 Å². The molecule has 0 unspecified atom stereocenters. The number of fused-ring (bicyclic) bond motifs is 1. The SMILES string of the molecule is NS(=O)(=O)c1ccc2c(C=O)c(-c3ccccc3)[nH]c2c1. The van der Waals surface area contributed by atoms with Crippen LogP contribution in [0.15, 0.2) is 53.4 Å². The summed E-state index contributed by atoms with van der Waals surface area (Å²) in [4.78, 5) is 14.5. The summed E-state index contributed by atoms with van der Waals surface area (Å²) in [6, 6.07) is 13.8. The minimum absolute atomic E-state index is 0.00770. The number of H-pyrrole nitrogens is 1. The van der Waals surface area contributed by atoms with Gasteiger partial charge in [-0.15, -0.1) is 0 Å². The number of rotatable bonds is 3. The number of nitrogens with one attached hydrogen (secondary N) is 1. The first-order valence-corrected chi connectivity index (χ1v) is 7.74. The van der Waals surface area contributed by atoms with Crippen molar-refractivity contribution in [1.82, 2.24) is 4.98 Å². The topological polar surface area (TPSA) is 93.0 Å². The van der Waals surface area contributed by atoms with E-state index in [0.717, 1.165) is 11.8 Å². The Morgan fingerprint density at radius 1 is 1.05 bits per heavy atom. The fourth-order valence-electron chi connectivity index (χ4n) is 2.33. The third-order valence-corrected chi connectivity index (χ3v) is 4.23. The Labute approximate surface area is 121 Å². The number of carbonyl (C=O) groups is 1. The number of aldehydes is 1. The molecule has 0 amide bonds. The second kappa shape index (κ2) is 4.83. The lowest BCUT2D eigenvalue weighted by molar-refractivity contribution is 0.112. The van der Waals surface area contributed by atoms with E-state index in [1.165, 1.54) is 12.1 Å². The van der Waals surface area contributed by atoms with E-state index in [1.807, 2.05) is 30.3 Å². The minimum Gasteiger partial charge on any atom is -0.354 e. The monoisotopic (exact) mass is 300 g/mol. The predicted octanol–water partition coefficient (Wildman–Crippen LogP) is 2.29. The van der Waals surface area contributed by atoms with E-state index in [1.54, 1.807) is 6.07 Å². The number of aromatic amines is 1.